The van der Waals surface area contributed by atoms with Gasteiger partial charge < -0.3 is 0 Å². The zero-order valence-electron chi connectivity index (χ0n) is 5.68. The summed E-state index contributed by atoms with van der Waals surface area (Å²) in [5.41, 5.74) is 5.35. The number of esters is 1. The Balaban J connectivity index is 2.76. The molecule has 1 aromatic heterocycles. The fourth-order valence-corrected chi connectivity index (χ4v) is 1.15. The van der Waals surface area contributed by atoms with Crippen molar-refractivity contribution < 1.29 is 14.1 Å². The van der Waals surface area contributed by atoms with Crippen LogP contribution < -0.4 is 5.73 Å². The third-order valence-corrected chi connectivity index (χ3v) is 1.75. The summed E-state index contributed by atoms with van der Waals surface area (Å²) < 4.78 is 14.1. The average molecular weight is 202 g/mol. The monoisotopic (exact) mass is 202 g/mol. The predicted molar refractivity (Wildman–Crippen MR) is 43.4 cm³/mol. The molecule has 0 saturated heterocycles. The van der Waals surface area contributed by atoms with Crippen molar-refractivity contribution in [3.63, 3.8) is 0 Å². The van der Waals surface area contributed by atoms with Crippen LogP contribution in [0.2, 0.25) is 0 Å². The van der Waals surface area contributed by atoms with Crippen LogP contribution in [0.3, 0.4) is 0 Å². The Kier molecular flexibility index (Phi) is 3.05. The van der Waals surface area contributed by atoms with Gasteiger partial charge in [-0.15, -0.1) is 0 Å². The molecule has 0 aliphatic heterocycles. The van der Waals surface area contributed by atoms with Crippen molar-refractivity contribution in [2.45, 2.75) is 0 Å². The molecular formula is C5H3N2O3PS. The summed E-state index contributed by atoms with van der Waals surface area (Å²) in [5.74, 6) is 1.13. The van der Waals surface area contributed by atoms with Crippen LogP contribution in [-0.2, 0) is 9.30 Å². The standard InChI is InChI=1S/C5H3N2O3PS/c6-5-7-3(1-12-5)4(8)10-2-11-9/h1H,(H2,6,7). The molecule has 5 nitrogen and oxygen atoms in total. The van der Waals surface area contributed by atoms with Crippen molar-refractivity contribution in [1.82, 2.24) is 4.98 Å². The molecule has 2 N–H and O–H groups in total. The van der Waals surface area contributed by atoms with E-state index in [0.29, 0.717) is 0 Å². The second kappa shape index (κ2) is 4.07. The first-order chi connectivity index (χ1) is 5.74. The van der Waals surface area contributed by atoms with Crippen LogP contribution in [0.5, 0.6) is 0 Å². The number of rotatable bonds is 1. The number of aromatic nitrogens is 1. The zero-order chi connectivity index (χ0) is 8.97. The van der Waals surface area contributed by atoms with E-state index in [9.17, 15) is 9.36 Å². The maximum atomic E-state index is 10.9. The molecule has 0 bridgehead atoms. The van der Waals surface area contributed by atoms with Gasteiger partial charge in [0.1, 0.15) is 0 Å². The van der Waals surface area contributed by atoms with Gasteiger partial charge in [0.15, 0.2) is 0 Å². The first-order valence-electron chi connectivity index (χ1n) is 2.73. The normalized spacial score (nSPS) is 8.67. The number of thiazole rings is 1. The van der Waals surface area contributed by atoms with Crippen LogP contribution in [0.4, 0.5) is 5.13 Å². The van der Waals surface area contributed by atoms with Gasteiger partial charge in [-0.1, -0.05) is 0 Å². The summed E-state index contributed by atoms with van der Waals surface area (Å²) in [5, 5.41) is 1.72. The fourth-order valence-electron chi connectivity index (χ4n) is 0.494. The van der Waals surface area contributed by atoms with Crippen molar-refractivity contribution in [2.75, 3.05) is 5.73 Å². The molecule has 0 radical (unpaired) electrons. The number of anilines is 1. The second-order valence-electron chi connectivity index (χ2n) is 1.64. The SMILES string of the molecule is Nc1nc(C(=O)OC#P=O)cs1. The fraction of sp³-hybridized carbons (Fsp3) is 0. The number of nitrogens with two attached hydrogens (primary N) is 1. The van der Waals surface area contributed by atoms with Gasteiger partial charge in [0.05, 0.1) is 0 Å². The third kappa shape index (κ3) is 2.20. The van der Waals surface area contributed by atoms with E-state index in [1.165, 1.54) is 5.38 Å². The molecule has 1 aromatic rings. The number of ether oxygens (including phenoxy) is 1. The molecule has 0 unspecified atom stereocenters. The van der Waals surface area contributed by atoms with Gasteiger partial charge in [-0.25, -0.2) is 0 Å². The van der Waals surface area contributed by atoms with Gasteiger partial charge in [-0.3, -0.25) is 0 Å². The van der Waals surface area contributed by atoms with E-state index < -0.39 is 13.9 Å². The van der Waals surface area contributed by atoms with Crippen molar-refractivity contribution in [1.29, 1.82) is 0 Å². The van der Waals surface area contributed by atoms with E-state index >= 15 is 0 Å². The molecule has 0 spiro atoms. The molecule has 7 heteroatoms. The molecule has 0 atom stereocenters. The number of carbonyl (C=O) groups excluding carboxylic acids is 1. The van der Waals surface area contributed by atoms with Crippen LogP contribution in [0, 0.1) is 5.81 Å². The van der Waals surface area contributed by atoms with Crippen LogP contribution in [0.1, 0.15) is 10.5 Å². The summed E-state index contributed by atoms with van der Waals surface area (Å²) in [6.07, 6.45) is 0. The van der Waals surface area contributed by atoms with Crippen LogP contribution in [-0.4, -0.2) is 11.0 Å². The number of hydrogen-bond acceptors (Lipinski definition) is 6. The Morgan fingerprint density at radius 2 is 2.58 bits per heavy atom. The van der Waals surface area contributed by atoms with Crippen molar-refractivity contribution in [2.24, 2.45) is 0 Å². The molecule has 0 aliphatic rings. The summed E-state index contributed by atoms with van der Waals surface area (Å²) in [7, 11) is -0.482. The number of nitrogen functional groups attached to an aromatic ring is 1. The van der Waals surface area contributed by atoms with Gasteiger partial charge in [-0.05, 0) is 0 Å². The summed E-state index contributed by atoms with van der Waals surface area (Å²) in [6, 6.07) is 0. The zero-order valence-corrected chi connectivity index (χ0v) is 7.39. The molecule has 0 aliphatic carbocycles. The number of hydrogen-bond donors (Lipinski definition) is 1. The summed E-state index contributed by atoms with van der Waals surface area (Å²) in [4.78, 5) is 14.5. The van der Waals surface area contributed by atoms with Crippen molar-refractivity contribution in [3.8, 4) is 5.81 Å². The molecule has 0 saturated carbocycles. The molecule has 0 fully saturated rings. The number of nitrogens with zero attached hydrogens (tertiary/aromatic N) is 1. The molecule has 1 heterocycles. The topological polar surface area (TPSA) is 82.3 Å². The summed E-state index contributed by atoms with van der Waals surface area (Å²) in [6.45, 7) is 0. The first kappa shape index (κ1) is 9.00. The molecule has 12 heavy (non-hydrogen) atoms. The van der Waals surface area contributed by atoms with Crippen molar-refractivity contribution in [3.05, 3.63) is 11.1 Å². The van der Waals surface area contributed by atoms with E-state index in [1.54, 1.807) is 0 Å². The Morgan fingerprint density at radius 1 is 1.83 bits per heavy atom. The van der Waals surface area contributed by atoms with Gasteiger partial charge in [-0.2, -0.15) is 0 Å². The number of carbonyl (C=O) groups is 1. The van der Waals surface area contributed by atoms with E-state index in [1.807, 2.05) is 5.81 Å². The van der Waals surface area contributed by atoms with E-state index in [4.69, 9.17) is 5.73 Å². The quantitative estimate of drug-likeness (QED) is 0.544. The van der Waals surface area contributed by atoms with Gasteiger partial charge in [0, 0.05) is 0 Å². The van der Waals surface area contributed by atoms with Gasteiger partial charge >= 0.3 is 72.1 Å². The summed E-state index contributed by atoms with van der Waals surface area (Å²) >= 11 is 1.12. The minimum absolute atomic E-state index is 0.0913. The van der Waals surface area contributed by atoms with Crippen LogP contribution in [0.15, 0.2) is 5.38 Å². The predicted octanol–water partition coefficient (Wildman–Crippen LogP) is 1.09. The Bertz CT molecular complexity index is 396. The molecule has 62 valence electrons. The first-order valence-corrected chi connectivity index (χ1v) is 4.42. The molecule has 1 rings (SSSR count). The maximum absolute atomic E-state index is 10.9. The minimum atomic E-state index is -0.716. The molecule has 0 amide bonds. The molecular weight excluding hydrogens is 199 g/mol. The third-order valence-electron chi connectivity index (χ3n) is 0.907. The molecule has 0 aromatic carbocycles. The Morgan fingerprint density at radius 3 is 3.08 bits per heavy atom. The second-order valence-corrected chi connectivity index (χ2v) is 2.90. The van der Waals surface area contributed by atoms with Gasteiger partial charge in [0.2, 0.25) is 0 Å². The van der Waals surface area contributed by atoms with Crippen LogP contribution >= 0.6 is 19.3 Å². The van der Waals surface area contributed by atoms with Crippen LogP contribution in [0.25, 0.3) is 0 Å². The average Bonchev–Trinajstić information content (AvgIpc) is 2.47. The van der Waals surface area contributed by atoms with Crippen molar-refractivity contribution >= 4 is 30.4 Å². The Hall–Kier alpha value is -1.09. The Labute approximate surface area is 72.7 Å². The van der Waals surface area contributed by atoms with Gasteiger partial charge in [0.25, 0.3) is 0 Å². The van der Waals surface area contributed by atoms with E-state index in [2.05, 4.69) is 9.72 Å². The van der Waals surface area contributed by atoms with E-state index in [0.717, 1.165) is 11.3 Å². The van der Waals surface area contributed by atoms with E-state index in [-0.39, 0.29) is 10.8 Å².